The van der Waals surface area contributed by atoms with E-state index in [9.17, 15) is 4.79 Å². The SMILES string of the molecule is CCN=C1NC(=O)C2(CCOC(C)(C)C2)N1. The summed E-state index contributed by atoms with van der Waals surface area (Å²) < 4.78 is 5.64. The molecule has 1 unspecified atom stereocenters. The van der Waals surface area contributed by atoms with E-state index in [-0.39, 0.29) is 11.5 Å². The largest absolute Gasteiger partial charge is 0.375 e. The van der Waals surface area contributed by atoms with Crippen molar-refractivity contribution in [3.63, 3.8) is 0 Å². The van der Waals surface area contributed by atoms with E-state index >= 15 is 0 Å². The van der Waals surface area contributed by atoms with Gasteiger partial charge in [-0.1, -0.05) is 0 Å². The Kier molecular flexibility index (Phi) is 2.66. The van der Waals surface area contributed by atoms with Crippen LogP contribution in [0.1, 0.15) is 33.6 Å². The van der Waals surface area contributed by atoms with Crippen molar-refractivity contribution in [3.05, 3.63) is 0 Å². The number of amides is 1. The molecule has 16 heavy (non-hydrogen) atoms. The number of hydrogen-bond acceptors (Lipinski definition) is 3. The Hall–Kier alpha value is -1.10. The zero-order valence-corrected chi connectivity index (χ0v) is 10.1. The van der Waals surface area contributed by atoms with Crippen molar-refractivity contribution in [2.24, 2.45) is 4.99 Å². The molecule has 2 heterocycles. The number of aliphatic imine (C=N–C) groups is 1. The van der Waals surface area contributed by atoms with Crippen LogP contribution < -0.4 is 10.6 Å². The maximum absolute atomic E-state index is 12.0. The molecule has 2 aliphatic rings. The molecule has 0 aromatic rings. The van der Waals surface area contributed by atoms with Crippen LogP contribution in [-0.2, 0) is 9.53 Å². The number of nitrogens with zero attached hydrogens (tertiary/aromatic N) is 1. The van der Waals surface area contributed by atoms with Crippen LogP contribution in [0, 0.1) is 0 Å². The standard InChI is InChI=1S/C11H19N3O2/c1-4-12-9-13-8(15)11(14-9)5-6-16-10(2,3)7-11/h4-7H2,1-3H3,(H2,12,13,14,15). The predicted octanol–water partition coefficient (Wildman–Crippen LogP) is 0.409. The Bertz CT molecular complexity index is 338. The van der Waals surface area contributed by atoms with Gasteiger partial charge in [-0.05, 0) is 20.8 Å². The molecule has 2 N–H and O–H groups in total. The number of guanidine groups is 1. The predicted molar refractivity (Wildman–Crippen MR) is 61.3 cm³/mol. The number of carbonyl (C=O) groups is 1. The zero-order valence-electron chi connectivity index (χ0n) is 10.1. The molecule has 0 radical (unpaired) electrons. The first-order valence-electron chi connectivity index (χ1n) is 5.75. The summed E-state index contributed by atoms with van der Waals surface area (Å²) in [5.41, 5.74) is -0.778. The molecule has 0 aromatic heterocycles. The molecule has 1 amide bonds. The average Bonchev–Trinajstić information content (AvgIpc) is 2.41. The van der Waals surface area contributed by atoms with Crippen LogP contribution in [0.2, 0.25) is 0 Å². The van der Waals surface area contributed by atoms with Crippen molar-refractivity contribution < 1.29 is 9.53 Å². The summed E-state index contributed by atoms with van der Waals surface area (Å²) in [6.07, 6.45) is 1.37. The summed E-state index contributed by atoms with van der Waals surface area (Å²) >= 11 is 0. The molecule has 5 nitrogen and oxygen atoms in total. The lowest BCUT2D eigenvalue weighted by Crippen LogP contribution is -2.56. The number of hydrogen-bond donors (Lipinski definition) is 2. The van der Waals surface area contributed by atoms with Crippen LogP contribution in [0.5, 0.6) is 0 Å². The number of ether oxygens (including phenoxy) is 1. The monoisotopic (exact) mass is 225 g/mol. The minimum absolute atomic E-state index is 0.0241. The lowest BCUT2D eigenvalue weighted by molar-refractivity contribution is -0.136. The Morgan fingerprint density at radius 1 is 1.50 bits per heavy atom. The molecule has 2 saturated heterocycles. The third-order valence-corrected chi connectivity index (χ3v) is 3.09. The van der Waals surface area contributed by atoms with Gasteiger partial charge in [0.25, 0.3) is 5.91 Å². The van der Waals surface area contributed by atoms with Gasteiger partial charge in [0.05, 0.1) is 12.2 Å². The van der Waals surface area contributed by atoms with Crippen LogP contribution in [0.3, 0.4) is 0 Å². The molecule has 1 atom stereocenters. The van der Waals surface area contributed by atoms with Crippen molar-refractivity contribution in [2.75, 3.05) is 13.2 Å². The van der Waals surface area contributed by atoms with E-state index in [0.717, 1.165) is 0 Å². The summed E-state index contributed by atoms with van der Waals surface area (Å²) in [7, 11) is 0. The first-order chi connectivity index (χ1) is 7.47. The van der Waals surface area contributed by atoms with Gasteiger partial charge >= 0.3 is 0 Å². The second-order valence-corrected chi connectivity index (χ2v) is 5.02. The maximum atomic E-state index is 12.0. The Morgan fingerprint density at radius 2 is 2.25 bits per heavy atom. The van der Waals surface area contributed by atoms with Gasteiger partial charge in [0.2, 0.25) is 0 Å². The van der Waals surface area contributed by atoms with Crippen LogP contribution in [-0.4, -0.2) is 36.2 Å². The van der Waals surface area contributed by atoms with E-state index in [0.29, 0.717) is 32.0 Å². The Balaban J connectivity index is 2.19. The zero-order chi connectivity index (χ0) is 11.8. The highest BCUT2D eigenvalue weighted by Crippen LogP contribution is 2.33. The maximum Gasteiger partial charge on any atom is 0.252 e. The fourth-order valence-corrected chi connectivity index (χ4v) is 2.45. The van der Waals surface area contributed by atoms with Gasteiger partial charge < -0.3 is 10.1 Å². The lowest BCUT2D eigenvalue weighted by atomic mass is 9.81. The minimum Gasteiger partial charge on any atom is -0.375 e. The molecular formula is C11H19N3O2. The smallest absolute Gasteiger partial charge is 0.252 e. The molecule has 0 aliphatic carbocycles. The molecule has 2 rings (SSSR count). The number of rotatable bonds is 1. The summed E-state index contributed by atoms with van der Waals surface area (Å²) in [6, 6.07) is 0. The van der Waals surface area contributed by atoms with E-state index in [2.05, 4.69) is 15.6 Å². The average molecular weight is 225 g/mol. The summed E-state index contributed by atoms with van der Waals surface area (Å²) in [5, 5.41) is 6.02. The first kappa shape index (κ1) is 11.4. The highest BCUT2D eigenvalue weighted by Gasteiger charge is 2.50. The van der Waals surface area contributed by atoms with Gasteiger partial charge in [0.15, 0.2) is 5.96 Å². The first-order valence-corrected chi connectivity index (χ1v) is 5.75. The van der Waals surface area contributed by atoms with E-state index in [1.165, 1.54) is 0 Å². The molecule has 2 fully saturated rings. The van der Waals surface area contributed by atoms with Crippen molar-refractivity contribution in [1.82, 2.24) is 10.6 Å². The van der Waals surface area contributed by atoms with E-state index in [1.807, 2.05) is 20.8 Å². The fraction of sp³-hybridized carbons (Fsp3) is 0.818. The number of nitrogens with one attached hydrogen (secondary N) is 2. The normalized spacial score (nSPS) is 35.2. The molecular weight excluding hydrogens is 206 g/mol. The van der Waals surface area contributed by atoms with Gasteiger partial charge in [0.1, 0.15) is 5.54 Å². The second kappa shape index (κ2) is 3.73. The Labute approximate surface area is 95.6 Å². The van der Waals surface area contributed by atoms with Crippen molar-refractivity contribution >= 4 is 11.9 Å². The highest BCUT2D eigenvalue weighted by molar-refractivity contribution is 6.09. The Morgan fingerprint density at radius 3 is 2.88 bits per heavy atom. The lowest BCUT2D eigenvalue weighted by Gasteiger charge is -2.40. The van der Waals surface area contributed by atoms with Crippen molar-refractivity contribution in [3.8, 4) is 0 Å². The van der Waals surface area contributed by atoms with Gasteiger partial charge in [-0.25, -0.2) is 0 Å². The second-order valence-electron chi connectivity index (χ2n) is 5.02. The fourth-order valence-electron chi connectivity index (χ4n) is 2.45. The van der Waals surface area contributed by atoms with Crippen LogP contribution in [0.15, 0.2) is 4.99 Å². The topological polar surface area (TPSA) is 62.7 Å². The molecule has 0 bridgehead atoms. The van der Waals surface area contributed by atoms with Crippen molar-refractivity contribution in [1.29, 1.82) is 0 Å². The van der Waals surface area contributed by atoms with Gasteiger partial charge in [0, 0.05) is 19.4 Å². The van der Waals surface area contributed by atoms with Crippen LogP contribution >= 0.6 is 0 Å². The summed E-state index contributed by atoms with van der Waals surface area (Å²) in [6.45, 7) is 7.24. The number of carbonyl (C=O) groups excluding carboxylic acids is 1. The van der Waals surface area contributed by atoms with Crippen molar-refractivity contribution in [2.45, 2.75) is 44.8 Å². The third-order valence-electron chi connectivity index (χ3n) is 3.09. The molecule has 0 aromatic carbocycles. The van der Waals surface area contributed by atoms with E-state index < -0.39 is 5.54 Å². The van der Waals surface area contributed by atoms with Crippen LogP contribution in [0.25, 0.3) is 0 Å². The molecule has 2 aliphatic heterocycles. The molecule has 90 valence electrons. The quantitative estimate of drug-likeness (QED) is 0.679. The third kappa shape index (κ3) is 1.91. The van der Waals surface area contributed by atoms with Gasteiger partial charge in [-0.2, -0.15) is 0 Å². The van der Waals surface area contributed by atoms with Crippen LogP contribution in [0.4, 0.5) is 0 Å². The molecule has 1 spiro atoms. The van der Waals surface area contributed by atoms with Gasteiger partial charge in [-0.15, -0.1) is 0 Å². The van der Waals surface area contributed by atoms with E-state index in [4.69, 9.17) is 4.74 Å². The minimum atomic E-state index is -0.518. The molecule has 0 saturated carbocycles. The molecule has 5 heteroatoms. The van der Waals surface area contributed by atoms with Gasteiger partial charge in [-0.3, -0.25) is 15.1 Å². The summed E-state index contributed by atoms with van der Waals surface area (Å²) in [5.74, 6) is 0.626. The highest BCUT2D eigenvalue weighted by atomic mass is 16.5. The van der Waals surface area contributed by atoms with E-state index in [1.54, 1.807) is 0 Å². The summed E-state index contributed by atoms with van der Waals surface area (Å²) in [4.78, 5) is 16.2.